The molecule has 0 saturated carbocycles. The Hall–Kier alpha value is -2.37. The Balaban J connectivity index is 2.25. The van der Waals surface area contributed by atoms with E-state index < -0.39 is 5.54 Å². The number of fused-ring (bicyclic) bond motifs is 1. The van der Waals surface area contributed by atoms with Crippen molar-refractivity contribution in [2.45, 2.75) is 44.4 Å². The smallest absolute Gasteiger partial charge is 0.262 e. The summed E-state index contributed by atoms with van der Waals surface area (Å²) in [5, 5.41) is 13.3. The second-order valence-electron chi connectivity index (χ2n) is 7.83. The van der Waals surface area contributed by atoms with Crippen LogP contribution in [0.5, 0.6) is 0 Å². The van der Waals surface area contributed by atoms with Gasteiger partial charge in [0.25, 0.3) is 5.56 Å². The molecular weight excluding hydrogens is 386 g/mol. The standard InChI is InChI=1S/C21H29N5O2S/c1-15(2)21(3,14-22)24-18(27)13-29-20-23-17-10-7-6-9-16(17)19(28)26(20)12-8-11-25(4)5/h6-7,9-10,15H,8,11-13H2,1-5H3,(H,24,27)/t21-/m0/s1. The summed E-state index contributed by atoms with van der Waals surface area (Å²) in [6.07, 6.45) is 0.798. The summed E-state index contributed by atoms with van der Waals surface area (Å²) in [5.74, 6) is -0.193. The number of rotatable bonds is 9. The van der Waals surface area contributed by atoms with E-state index in [1.165, 1.54) is 11.8 Å². The van der Waals surface area contributed by atoms with Crippen molar-refractivity contribution in [2.24, 2.45) is 5.92 Å². The molecule has 1 amide bonds. The second kappa shape index (κ2) is 9.90. The third-order valence-electron chi connectivity index (χ3n) is 4.93. The number of amides is 1. The van der Waals surface area contributed by atoms with E-state index in [2.05, 4.69) is 21.3 Å². The zero-order valence-electron chi connectivity index (χ0n) is 17.7. The quantitative estimate of drug-likeness (QED) is 0.500. The van der Waals surface area contributed by atoms with Gasteiger partial charge in [0.05, 0.1) is 22.7 Å². The number of aromatic nitrogens is 2. The molecule has 0 radical (unpaired) electrons. The van der Waals surface area contributed by atoms with Crippen molar-refractivity contribution in [2.75, 3.05) is 26.4 Å². The molecule has 1 aromatic heterocycles. The Bertz CT molecular complexity index is 964. The van der Waals surface area contributed by atoms with E-state index in [1.54, 1.807) is 23.6 Å². The van der Waals surface area contributed by atoms with Gasteiger partial charge < -0.3 is 10.2 Å². The predicted molar refractivity (Wildman–Crippen MR) is 117 cm³/mol. The van der Waals surface area contributed by atoms with E-state index in [1.807, 2.05) is 40.1 Å². The first-order valence-corrected chi connectivity index (χ1v) is 10.7. The molecule has 0 aliphatic heterocycles. The van der Waals surface area contributed by atoms with E-state index in [0.29, 0.717) is 22.6 Å². The first-order valence-electron chi connectivity index (χ1n) is 9.67. The van der Waals surface area contributed by atoms with Gasteiger partial charge in [-0.15, -0.1) is 0 Å². The highest BCUT2D eigenvalue weighted by molar-refractivity contribution is 7.99. The van der Waals surface area contributed by atoms with Gasteiger partial charge in [-0.1, -0.05) is 37.7 Å². The summed E-state index contributed by atoms with van der Waals surface area (Å²) in [4.78, 5) is 32.1. The van der Waals surface area contributed by atoms with E-state index in [0.717, 1.165) is 13.0 Å². The molecule has 1 atom stereocenters. The fourth-order valence-corrected chi connectivity index (χ4v) is 3.58. The first kappa shape index (κ1) is 22.9. The monoisotopic (exact) mass is 415 g/mol. The van der Waals surface area contributed by atoms with Gasteiger partial charge in [-0.2, -0.15) is 5.26 Å². The highest BCUT2D eigenvalue weighted by Gasteiger charge is 2.30. The topological polar surface area (TPSA) is 91.0 Å². The van der Waals surface area contributed by atoms with Gasteiger partial charge in [-0.3, -0.25) is 14.2 Å². The van der Waals surface area contributed by atoms with Crippen molar-refractivity contribution in [3.8, 4) is 6.07 Å². The molecule has 0 saturated heterocycles. The second-order valence-corrected chi connectivity index (χ2v) is 8.77. The van der Waals surface area contributed by atoms with Gasteiger partial charge in [0.15, 0.2) is 5.16 Å². The van der Waals surface area contributed by atoms with Gasteiger partial charge in [0, 0.05) is 6.54 Å². The molecule has 7 nitrogen and oxygen atoms in total. The van der Waals surface area contributed by atoms with E-state index in [9.17, 15) is 14.9 Å². The van der Waals surface area contributed by atoms with Crippen LogP contribution in [0.1, 0.15) is 27.2 Å². The molecule has 0 spiro atoms. The van der Waals surface area contributed by atoms with Crippen LogP contribution in [-0.2, 0) is 11.3 Å². The first-order chi connectivity index (χ1) is 13.7. The number of para-hydroxylation sites is 1. The Morgan fingerprint density at radius 1 is 1.38 bits per heavy atom. The van der Waals surface area contributed by atoms with Crippen LogP contribution in [0.4, 0.5) is 0 Å². The van der Waals surface area contributed by atoms with Crippen molar-refractivity contribution < 1.29 is 4.79 Å². The fourth-order valence-electron chi connectivity index (χ4n) is 2.76. The van der Waals surface area contributed by atoms with Crippen molar-refractivity contribution >= 4 is 28.6 Å². The van der Waals surface area contributed by atoms with Crippen LogP contribution in [0.3, 0.4) is 0 Å². The molecule has 0 aliphatic carbocycles. The highest BCUT2D eigenvalue weighted by Crippen LogP contribution is 2.20. The summed E-state index contributed by atoms with van der Waals surface area (Å²) >= 11 is 1.22. The lowest BCUT2D eigenvalue weighted by Crippen LogP contribution is -2.49. The number of nitrogens with zero attached hydrogens (tertiary/aromatic N) is 4. The van der Waals surface area contributed by atoms with Gasteiger partial charge in [0.1, 0.15) is 5.54 Å². The molecule has 0 unspecified atom stereocenters. The van der Waals surface area contributed by atoms with Gasteiger partial charge in [-0.05, 0) is 52.0 Å². The molecule has 1 N–H and O–H groups in total. The van der Waals surface area contributed by atoms with Crippen LogP contribution in [-0.4, -0.2) is 52.3 Å². The van der Waals surface area contributed by atoms with E-state index in [-0.39, 0.29) is 23.1 Å². The molecule has 8 heteroatoms. The minimum absolute atomic E-state index is 0.0237. The number of hydrogen-bond donors (Lipinski definition) is 1. The largest absolute Gasteiger partial charge is 0.337 e. The van der Waals surface area contributed by atoms with Gasteiger partial charge >= 0.3 is 0 Å². The SMILES string of the molecule is CC(C)[C@](C)(C#N)NC(=O)CSc1nc2ccccc2c(=O)n1CCCN(C)C. The van der Waals surface area contributed by atoms with Crippen molar-refractivity contribution in [1.29, 1.82) is 5.26 Å². The van der Waals surface area contributed by atoms with Gasteiger partial charge in [-0.25, -0.2) is 4.98 Å². The van der Waals surface area contributed by atoms with Crippen LogP contribution in [0.25, 0.3) is 10.9 Å². The molecule has 29 heavy (non-hydrogen) atoms. The molecule has 0 aliphatic rings. The molecule has 156 valence electrons. The lowest BCUT2D eigenvalue weighted by Gasteiger charge is -2.27. The Labute approximate surface area is 176 Å². The number of hydrogen-bond acceptors (Lipinski definition) is 6. The van der Waals surface area contributed by atoms with Crippen LogP contribution >= 0.6 is 11.8 Å². The highest BCUT2D eigenvalue weighted by atomic mass is 32.2. The third-order valence-corrected chi connectivity index (χ3v) is 5.91. The number of carbonyl (C=O) groups excluding carboxylic acids is 1. The number of thioether (sulfide) groups is 1. The summed E-state index contributed by atoms with van der Waals surface area (Å²) < 4.78 is 1.65. The number of nitrogens with one attached hydrogen (secondary N) is 1. The maximum atomic E-state index is 13.0. The van der Waals surface area contributed by atoms with Gasteiger partial charge in [0.2, 0.25) is 5.91 Å². The molecule has 2 rings (SSSR count). The van der Waals surface area contributed by atoms with E-state index >= 15 is 0 Å². The minimum atomic E-state index is -0.931. The van der Waals surface area contributed by atoms with Crippen molar-refractivity contribution in [3.63, 3.8) is 0 Å². The number of nitriles is 1. The van der Waals surface area contributed by atoms with E-state index in [4.69, 9.17) is 0 Å². The minimum Gasteiger partial charge on any atom is -0.337 e. The summed E-state index contributed by atoms with van der Waals surface area (Å²) in [7, 11) is 3.98. The van der Waals surface area contributed by atoms with Crippen molar-refractivity contribution in [3.05, 3.63) is 34.6 Å². The van der Waals surface area contributed by atoms with Crippen LogP contribution < -0.4 is 10.9 Å². The number of benzene rings is 1. The van der Waals surface area contributed by atoms with Crippen LogP contribution in [0, 0.1) is 17.2 Å². The Kier molecular flexibility index (Phi) is 7.82. The average molecular weight is 416 g/mol. The molecule has 0 bridgehead atoms. The maximum absolute atomic E-state index is 13.0. The molecule has 0 fully saturated rings. The third kappa shape index (κ3) is 5.81. The van der Waals surface area contributed by atoms with Crippen LogP contribution in [0.15, 0.2) is 34.2 Å². The Morgan fingerprint density at radius 3 is 2.69 bits per heavy atom. The molecule has 1 heterocycles. The van der Waals surface area contributed by atoms with Crippen LogP contribution in [0.2, 0.25) is 0 Å². The maximum Gasteiger partial charge on any atom is 0.262 e. The zero-order valence-corrected chi connectivity index (χ0v) is 18.5. The summed E-state index contributed by atoms with van der Waals surface area (Å²) in [5.41, 5.74) is -0.408. The molecule has 1 aromatic carbocycles. The lowest BCUT2D eigenvalue weighted by molar-refractivity contribution is -0.120. The number of carbonyl (C=O) groups is 1. The Morgan fingerprint density at radius 2 is 2.07 bits per heavy atom. The summed E-state index contributed by atoms with van der Waals surface area (Å²) in [6, 6.07) is 9.41. The predicted octanol–water partition coefficient (Wildman–Crippen LogP) is 2.49. The molecule has 2 aromatic rings. The van der Waals surface area contributed by atoms with Crippen molar-refractivity contribution in [1.82, 2.24) is 19.8 Å². The zero-order chi connectivity index (χ0) is 21.6. The lowest BCUT2D eigenvalue weighted by atomic mass is 9.90. The molecular formula is C21H29N5O2S. The normalized spacial score (nSPS) is 13.4. The fraction of sp³-hybridized carbons (Fsp3) is 0.524. The average Bonchev–Trinajstić information content (AvgIpc) is 2.67. The summed E-state index contributed by atoms with van der Waals surface area (Å²) in [6.45, 7) is 6.87.